The Balaban J connectivity index is 2.08. The van der Waals surface area contributed by atoms with Crippen LogP contribution in [0.2, 0.25) is 0 Å². The van der Waals surface area contributed by atoms with Crippen molar-refractivity contribution in [2.45, 2.75) is 31.2 Å². The number of aromatic nitrogens is 1. The fourth-order valence-electron chi connectivity index (χ4n) is 4.34. The van der Waals surface area contributed by atoms with E-state index in [9.17, 15) is 35.5 Å². The van der Waals surface area contributed by atoms with Crippen molar-refractivity contribution in [3.05, 3.63) is 75.3 Å². The van der Waals surface area contributed by atoms with E-state index < -0.39 is 47.8 Å². The summed E-state index contributed by atoms with van der Waals surface area (Å²) in [6, 6.07) is 6.87. The van der Waals surface area contributed by atoms with Gasteiger partial charge in [-0.25, -0.2) is 4.39 Å². The largest absolute Gasteiger partial charge is 0.417 e. The summed E-state index contributed by atoms with van der Waals surface area (Å²) in [6.07, 6.45) is -9.51. The molecule has 164 valence electrons. The second kappa shape index (κ2) is 7.00. The van der Waals surface area contributed by atoms with Gasteiger partial charge in [0.25, 0.3) is 0 Å². The van der Waals surface area contributed by atoms with Crippen LogP contribution < -0.4 is 10.5 Å². The molecule has 3 nitrogen and oxygen atoms in total. The van der Waals surface area contributed by atoms with Crippen LogP contribution in [0.25, 0.3) is 10.9 Å². The van der Waals surface area contributed by atoms with Gasteiger partial charge in [0, 0.05) is 34.6 Å². The van der Waals surface area contributed by atoms with Crippen LogP contribution in [0.1, 0.15) is 29.5 Å². The Labute approximate surface area is 171 Å². The number of alkyl halides is 6. The number of aromatic amines is 1. The molecule has 1 aromatic heterocycles. The van der Waals surface area contributed by atoms with Gasteiger partial charge in [0.15, 0.2) is 0 Å². The van der Waals surface area contributed by atoms with Crippen LogP contribution in [0, 0.1) is 5.82 Å². The lowest BCUT2D eigenvalue weighted by Crippen LogP contribution is -2.39. The Morgan fingerprint density at radius 2 is 1.65 bits per heavy atom. The maximum absolute atomic E-state index is 13.8. The first-order chi connectivity index (χ1) is 14.4. The molecule has 1 aliphatic rings. The fraction of sp³-hybridized carbons (Fsp3) is 0.286. The zero-order valence-corrected chi connectivity index (χ0v) is 15.9. The lowest BCUT2D eigenvalue weighted by Gasteiger charge is -2.28. The smallest absolute Gasteiger partial charge is 0.359 e. The molecule has 2 heterocycles. The van der Waals surface area contributed by atoms with Gasteiger partial charge in [0.05, 0.1) is 5.56 Å². The van der Waals surface area contributed by atoms with Gasteiger partial charge in [-0.15, -0.1) is 0 Å². The van der Waals surface area contributed by atoms with Crippen molar-refractivity contribution in [2.24, 2.45) is 0 Å². The average molecular weight is 444 g/mol. The van der Waals surface area contributed by atoms with Crippen LogP contribution in [-0.4, -0.2) is 23.7 Å². The SMILES string of the molecule is CC1C(c2ccc(F)cc2)c2c(ccc3[nH]c(=O)cc(C(F)(F)F)c23)N1CC(F)(F)F. The number of nitrogens with one attached hydrogen (secondary N) is 1. The molecule has 1 aliphatic heterocycles. The molecule has 0 radical (unpaired) electrons. The number of anilines is 1. The zero-order valence-electron chi connectivity index (χ0n) is 15.9. The van der Waals surface area contributed by atoms with Crippen molar-refractivity contribution in [1.29, 1.82) is 0 Å². The minimum Gasteiger partial charge on any atom is -0.359 e. The highest BCUT2D eigenvalue weighted by Gasteiger charge is 2.45. The zero-order chi connectivity index (χ0) is 22.7. The normalized spacial score (nSPS) is 19.2. The van der Waals surface area contributed by atoms with Gasteiger partial charge in [0.1, 0.15) is 12.4 Å². The minimum absolute atomic E-state index is 0.0100. The monoisotopic (exact) mass is 444 g/mol. The molecule has 2 unspecified atom stereocenters. The summed E-state index contributed by atoms with van der Waals surface area (Å²) in [4.78, 5) is 15.1. The third-order valence-electron chi connectivity index (χ3n) is 5.50. The van der Waals surface area contributed by atoms with Gasteiger partial charge in [-0.1, -0.05) is 12.1 Å². The van der Waals surface area contributed by atoms with Gasteiger partial charge >= 0.3 is 12.4 Å². The van der Waals surface area contributed by atoms with E-state index in [0.29, 0.717) is 11.6 Å². The summed E-state index contributed by atoms with van der Waals surface area (Å²) < 4.78 is 94.7. The Morgan fingerprint density at radius 1 is 1.00 bits per heavy atom. The highest BCUT2D eigenvalue weighted by molar-refractivity contribution is 5.93. The van der Waals surface area contributed by atoms with E-state index in [1.807, 2.05) is 0 Å². The van der Waals surface area contributed by atoms with E-state index in [2.05, 4.69) is 4.98 Å². The first-order valence-corrected chi connectivity index (χ1v) is 9.23. The van der Waals surface area contributed by atoms with Gasteiger partial charge in [-0.2, -0.15) is 26.3 Å². The molecule has 0 saturated carbocycles. The standard InChI is InChI=1S/C21H15F7N2O/c1-10-17(11-2-4-12(22)5-3-11)19-15(30(10)9-20(23,24)25)7-6-14-18(19)13(21(26,27)28)8-16(31)29-14/h2-8,10,17H,9H2,1H3,(H,29,31). The van der Waals surface area contributed by atoms with Crippen LogP contribution in [0.3, 0.4) is 0 Å². The number of rotatable bonds is 2. The maximum Gasteiger partial charge on any atom is 0.417 e. The van der Waals surface area contributed by atoms with Crippen molar-refractivity contribution in [3.63, 3.8) is 0 Å². The Morgan fingerprint density at radius 3 is 2.23 bits per heavy atom. The van der Waals surface area contributed by atoms with E-state index in [4.69, 9.17) is 0 Å². The quantitative estimate of drug-likeness (QED) is 0.524. The number of hydrogen-bond acceptors (Lipinski definition) is 2. The van der Waals surface area contributed by atoms with Crippen molar-refractivity contribution < 1.29 is 30.7 Å². The lowest BCUT2D eigenvalue weighted by atomic mass is 9.85. The number of H-pyrrole nitrogens is 1. The highest BCUT2D eigenvalue weighted by Crippen LogP contribution is 2.50. The molecule has 0 bridgehead atoms. The summed E-state index contributed by atoms with van der Waals surface area (Å²) in [7, 11) is 0. The van der Waals surface area contributed by atoms with Crippen LogP contribution in [0.4, 0.5) is 36.4 Å². The van der Waals surface area contributed by atoms with Crippen molar-refractivity contribution >= 4 is 16.6 Å². The van der Waals surface area contributed by atoms with Gasteiger partial charge in [0.2, 0.25) is 5.56 Å². The summed E-state index contributed by atoms with van der Waals surface area (Å²) in [5.74, 6) is -1.49. The van der Waals surface area contributed by atoms with Crippen LogP contribution in [-0.2, 0) is 6.18 Å². The summed E-state index contributed by atoms with van der Waals surface area (Å²) >= 11 is 0. The Kier molecular flexibility index (Phi) is 4.79. The predicted molar refractivity (Wildman–Crippen MR) is 101 cm³/mol. The van der Waals surface area contributed by atoms with E-state index in [1.165, 1.54) is 31.2 Å². The van der Waals surface area contributed by atoms with Crippen LogP contribution in [0.5, 0.6) is 0 Å². The molecular formula is C21H15F7N2O. The topological polar surface area (TPSA) is 36.1 Å². The van der Waals surface area contributed by atoms with Crippen LogP contribution >= 0.6 is 0 Å². The maximum atomic E-state index is 13.8. The molecule has 4 rings (SSSR count). The second-order valence-electron chi connectivity index (χ2n) is 7.48. The van der Waals surface area contributed by atoms with E-state index in [0.717, 1.165) is 17.0 Å². The number of nitrogens with zero attached hydrogens (tertiary/aromatic N) is 1. The Hall–Kier alpha value is -3.04. The molecule has 0 aliphatic carbocycles. The number of benzene rings is 2. The van der Waals surface area contributed by atoms with Gasteiger partial charge in [-0.05, 0) is 42.3 Å². The van der Waals surface area contributed by atoms with Gasteiger partial charge < -0.3 is 9.88 Å². The molecular weight excluding hydrogens is 429 g/mol. The predicted octanol–water partition coefficient (Wildman–Crippen LogP) is 5.59. The summed E-state index contributed by atoms with van der Waals surface area (Å²) in [5, 5.41) is -0.365. The minimum atomic E-state index is -4.91. The third kappa shape index (κ3) is 3.75. The van der Waals surface area contributed by atoms with Crippen LogP contribution in [0.15, 0.2) is 47.3 Å². The van der Waals surface area contributed by atoms with Crippen molar-refractivity contribution in [3.8, 4) is 0 Å². The summed E-state index contributed by atoms with van der Waals surface area (Å²) in [5.41, 5.74) is -1.96. The summed E-state index contributed by atoms with van der Waals surface area (Å²) in [6.45, 7) is 0.111. The molecule has 1 N–H and O–H groups in total. The molecule has 0 amide bonds. The molecule has 10 heteroatoms. The molecule has 2 atom stereocenters. The van der Waals surface area contributed by atoms with Gasteiger partial charge in [-0.3, -0.25) is 4.79 Å². The second-order valence-corrected chi connectivity index (χ2v) is 7.48. The third-order valence-corrected chi connectivity index (χ3v) is 5.50. The van der Waals surface area contributed by atoms with E-state index in [-0.39, 0.29) is 22.2 Å². The molecule has 31 heavy (non-hydrogen) atoms. The van der Waals surface area contributed by atoms with E-state index >= 15 is 0 Å². The molecule has 0 saturated heterocycles. The van der Waals surface area contributed by atoms with E-state index in [1.54, 1.807) is 0 Å². The first-order valence-electron chi connectivity index (χ1n) is 9.23. The van der Waals surface area contributed by atoms with Crippen molar-refractivity contribution in [1.82, 2.24) is 4.98 Å². The Bertz CT molecular complexity index is 1200. The first kappa shape index (κ1) is 21.2. The number of hydrogen-bond donors (Lipinski definition) is 1. The number of fused-ring (bicyclic) bond motifs is 3. The van der Waals surface area contributed by atoms with Crippen molar-refractivity contribution in [2.75, 3.05) is 11.4 Å². The molecule has 0 fully saturated rings. The average Bonchev–Trinajstić information content (AvgIpc) is 2.91. The highest BCUT2D eigenvalue weighted by atomic mass is 19.4. The number of halogens is 7. The number of pyridine rings is 1. The fourth-order valence-corrected chi connectivity index (χ4v) is 4.34. The molecule has 0 spiro atoms. The molecule has 2 aromatic carbocycles. The molecule has 3 aromatic rings. The lowest BCUT2D eigenvalue weighted by molar-refractivity contribution is -0.136.